The number of nitrogens with zero attached hydrogens (tertiary/aromatic N) is 2. The molecule has 0 amide bonds. The lowest BCUT2D eigenvalue weighted by Crippen LogP contribution is -2.46. The molecule has 1 aliphatic rings. The lowest BCUT2D eigenvalue weighted by Gasteiger charge is -2.36. The number of aromatic carboxylic acids is 1. The zero-order valence-corrected chi connectivity index (χ0v) is 10.5. The number of carboxylic acid groups (broad SMARTS) is 1. The first-order valence-electron chi connectivity index (χ1n) is 5.86. The molecule has 1 fully saturated rings. The van der Waals surface area contributed by atoms with Crippen LogP contribution in [0.25, 0.3) is 0 Å². The Morgan fingerprint density at radius 1 is 1.50 bits per heavy atom. The van der Waals surface area contributed by atoms with Crippen molar-refractivity contribution < 1.29 is 14.6 Å². The molecule has 0 aromatic carbocycles. The Balaban J connectivity index is 2.25. The van der Waals surface area contributed by atoms with Crippen LogP contribution in [0.2, 0.25) is 0 Å². The molecule has 0 aliphatic carbocycles. The zero-order valence-electron chi connectivity index (χ0n) is 10.5. The molecule has 6 heteroatoms. The fourth-order valence-corrected chi connectivity index (χ4v) is 2.21. The molecule has 0 spiro atoms. The van der Waals surface area contributed by atoms with E-state index >= 15 is 0 Å². The number of anilines is 2. The van der Waals surface area contributed by atoms with Crippen molar-refractivity contribution in [3.05, 3.63) is 17.8 Å². The molecular formula is C12H17N3O3. The molecular weight excluding hydrogens is 234 g/mol. The maximum atomic E-state index is 10.8. The SMILES string of the molecule is C[C@@H]1CN(c2ncc(C(=O)O)cc2N)C[C@H](C)O1. The molecule has 98 valence electrons. The predicted molar refractivity (Wildman–Crippen MR) is 67.8 cm³/mol. The average molecular weight is 251 g/mol. The molecule has 1 aliphatic heterocycles. The Kier molecular flexibility index (Phi) is 3.38. The number of nitrogen functional groups attached to an aromatic ring is 1. The Morgan fingerprint density at radius 2 is 2.11 bits per heavy atom. The van der Waals surface area contributed by atoms with Crippen LogP contribution >= 0.6 is 0 Å². The topological polar surface area (TPSA) is 88.7 Å². The van der Waals surface area contributed by atoms with Crippen molar-refractivity contribution in [1.82, 2.24) is 4.98 Å². The van der Waals surface area contributed by atoms with Gasteiger partial charge in [0.05, 0.1) is 23.5 Å². The van der Waals surface area contributed by atoms with Gasteiger partial charge in [0.15, 0.2) is 5.82 Å². The third kappa shape index (κ3) is 2.53. The largest absolute Gasteiger partial charge is 0.478 e. The molecule has 1 saturated heterocycles. The van der Waals surface area contributed by atoms with Crippen LogP contribution in [-0.2, 0) is 4.74 Å². The van der Waals surface area contributed by atoms with E-state index in [9.17, 15) is 4.79 Å². The third-order valence-electron chi connectivity index (χ3n) is 2.86. The summed E-state index contributed by atoms with van der Waals surface area (Å²) < 4.78 is 5.64. The van der Waals surface area contributed by atoms with E-state index < -0.39 is 5.97 Å². The van der Waals surface area contributed by atoms with Crippen molar-refractivity contribution in [1.29, 1.82) is 0 Å². The van der Waals surface area contributed by atoms with Gasteiger partial charge in [-0.25, -0.2) is 9.78 Å². The van der Waals surface area contributed by atoms with Crippen LogP contribution in [0.4, 0.5) is 11.5 Å². The first kappa shape index (κ1) is 12.6. The molecule has 1 aromatic rings. The lowest BCUT2D eigenvalue weighted by molar-refractivity contribution is -0.00541. The smallest absolute Gasteiger partial charge is 0.337 e. The number of carboxylic acids is 1. The first-order valence-corrected chi connectivity index (χ1v) is 5.86. The predicted octanol–water partition coefficient (Wildman–Crippen LogP) is 0.976. The van der Waals surface area contributed by atoms with E-state index in [0.717, 1.165) is 0 Å². The fourth-order valence-electron chi connectivity index (χ4n) is 2.21. The summed E-state index contributed by atoms with van der Waals surface area (Å²) in [6.07, 6.45) is 1.54. The van der Waals surface area contributed by atoms with Gasteiger partial charge < -0.3 is 20.5 Å². The van der Waals surface area contributed by atoms with Crippen LogP contribution in [0.5, 0.6) is 0 Å². The third-order valence-corrected chi connectivity index (χ3v) is 2.86. The minimum atomic E-state index is -1.02. The van der Waals surface area contributed by atoms with E-state index in [-0.39, 0.29) is 17.8 Å². The van der Waals surface area contributed by atoms with Crippen LogP contribution < -0.4 is 10.6 Å². The van der Waals surface area contributed by atoms with Crippen LogP contribution in [0.3, 0.4) is 0 Å². The highest BCUT2D eigenvalue weighted by Gasteiger charge is 2.24. The fraction of sp³-hybridized carbons (Fsp3) is 0.500. The van der Waals surface area contributed by atoms with E-state index in [1.165, 1.54) is 12.3 Å². The van der Waals surface area contributed by atoms with E-state index in [0.29, 0.717) is 24.6 Å². The van der Waals surface area contributed by atoms with Crippen molar-refractivity contribution in [2.45, 2.75) is 26.1 Å². The number of carbonyl (C=O) groups is 1. The molecule has 6 nitrogen and oxygen atoms in total. The second-order valence-corrected chi connectivity index (χ2v) is 4.60. The van der Waals surface area contributed by atoms with Crippen LogP contribution in [0, 0.1) is 0 Å². The molecule has 2 rings (SSSR count). The minimum Gasteiger partial charge on any atom is -0.478 e. The van der Waals surface area contributed by atoms with Crippen LogP contribution in [0.1, 0.15) is 24.2 Å². The summed E-state index contributed by atoms with van der Waals surface area (Å²) in [5.41, 5.74) is 6.36. The Bertz CT molecular complexity index is 454. The van der Waals surface area contributed by atoms with Gasteiger partial charge >= 0.3 is 5.97 Å². The van der Waals surface area contributed by atoms with Gasteiger partial charge in [0, 0.05) is 19.3 Å². The van der Waals surface area contributed by atoms with Gasteiger partial charge in [0.25, 0.3) is 0 Å². The standard InChI is InChI=1S/C12H17N3O3/c1-7-5-15(6-8(2)18-7)11-10(13)3-9(4-14-11)12(16)17/h3-4,7-8H,5-6,13H2,1-2H3,(H,16,17)/t7-,8+. The maximum Gasteiger partial charge on any atom is 0.337 e. The average Bonchev–Trinajstić information content (AvgIpc) is 2.27. The Labute approximate surface area is 105 Å². The van der Waals surface area contributed by atoms with Crippen molar-refractivity contribution in [2.24, 2.45) is 0 Å². The van der Waals surface area contributed by atoms with Gasteiger partial charge in [0.2, 0.25) is 0 Å². The summed E-state index contributed by atoms with van der Waals surface area (Å²) in [6, 6.07) is 1.44. The van der Waals surface area contributed by atoms with Crippen molar-refractivity contribution >= 4 is 17.5 Å². The van der Waals surface area contributed by atoms with Gasteiger partial charge in [-0.15, -0.1) is 0 Å². The van der Waals surface area contributed by atoms with Gasteiger partial charge in [0.1, 0.15) is 0 Å². The monoisotopic (exact) mass is 251 g/mol. The number of nitrogens with two attached hydrogens (primary N) is 1. The molecule has 0 saturated carbocycles. The summed E-state index contributed by atoms with van der Waals surface area (Å²) >= 11 is 0. The van der Waals surface area contributed by atoms with Crippen molar-refractivity contribution in [3.8, 4) is 0 Å². The van der Waals surface area contributed by atoms with Crippen LogP contribution in [0.15, 0.2) is 12.3 Å². The maximum absolute atomic E-state index is 10.8. The number of hydrogen-bond acceptors (Lipinski definition) is 5. The normalized spacial score (nSPS) is 24.0. The van der Waals surface area contributed by atoms with Gasteiger partial charge in [-0.1, -0.05) is 0 Å². The van der Waals surface area contributed by atoms with Gasteiger partial charge in [-0.2, -0.15) is 0 Å². The molecule has 2 heterocycles. The Hall–Kier alpha value is -1.82. The number of hydrogen-bond donors (Lipinski definition) is 2. The molecule has 2 atom stereocenters. The van der Waals surface area contributed by atoms with E-state index in [1.807, 2.05) is 18.7 Å². The first-order chi connectivity index (χ1) is 8.47. The molecule has 1 aromatic heterocycles. The summed E-state index contributed by atoms with van der Waals surface area (Å²) in [5.74, 6) is -0.397. The highest BCUT2D eigenvalue weighted by Crippen LogP contribution is 2.24. The number of pyridine rings is 1. The Morgan fingerprint density at radius 3 is 2.61 bits per heavy atom. The zero-order chi connectivity index (χ0) is 13.3. The van der Waals surface area contributed by atoms with Crippen molar-refractivity contribution in [3.63, 3.8) is 0 Å². The van der Waals surface area contributed by atoms with E-state index in [4.69, 9.17) is 15.6 Å². The number of aromatic nitrogens is 1. The van der Waals surface area contributed by atoms with Crippen LogP contribution in [-0.4, -0.2) is 41.4 Å². The van der Waals surface area contributed by atoms with Crippen molar-refractivity contribution in [2.75, 3.05) is 23.7 Å². The summed E-state index contributed by atoms with van der Waals surface area (Å²) in [5, 5.41) is 8.87. The summed E-state index contributed by atoms with van der Waals surface area (Å²) in [6.45, 7) is 5.39. The number of morpholine rings is 1. The van der Waals surface area contributed by atoms with E-state index in [1.54, 1.807) is 0 Å². The summed E-state index contributed by atoms with van der Waals surface area (Å²) in [4.78, 5) is 17.0. The molecule has 0 bridgehead atoms. The second kappa shape index (κ2) is 4.81. The number of ether oxygens (including phenoxy) is 1. The molecule has 3 N–H and O–H groups in total. The van der Waals surface area contributed by atoms with E-state index in [2.05, 4.69) is 4.98 Å². The lowest BCUT2D eigenvalue weighted by atomic mass is 10.2. The molecule has 18 heavy (non-hydrogen) atoms. The quantitative estimate of drug-likeness (QED) is 0.814. The summed E-state index contributed by atoms with van der Waals surface area (Å²) in [7, 11) is 0. The highest BCUT2D eigenvalue weighted by molar-refractivity contribution is 5.89. The van der Waals surface area contributed by atoms with Gasteiger partial charge in [-0.05, 0) is 19.9 Å². The number of rotatable bonds is 2. The second-order valence-electron chi connectivity index (χ2n) is 4.60. The van der Waals surface area contributed by atoms with Gasteiger partial charge in [-0.3, -0.25) is 0 Å². The molecule has 0 radical (unpaired) electrons. The molecule has 0 unspecified atom stereocenters. The highest BCUT2D eigenvalue weighted by atomic mass is 16.5. The minimum absolute atomic E-state index is 0.102.